The number of likely N-dealkylation sites (tertiary alicyclic amines) is 1. The summed E-state index contributed by atoms with van der Waals surface area (Å²) in [4.78, 5) is 2.51. The fraction of sp³-hybridized carbons (Fsp3) is 0.647. The van der Waals surface area contributed by atoms with Gasteiger partial charge in [-0.15, -0.1) is 0 Å². The summed E-state index contributed by atoms with van der Waals surface area (Å²) in [5.74, 6) is 0.667. The average Bonchev–Trinajstić information content (AvgIpc) is 2.63. The Labute approximate surface area is 131 Å². The largest absolute Gasteiger partial charge is 0.316 e. The Balaban J connectivity index is 1.90. The molecule has 1 N–H and O–H groups in total. The van der Waals surface area contributed by atoms with Gasteiger partial charge >= 0.3 is 0 Å². The fourth-order valence-corrected chi connectivity index (χ4v) is 4.54. The van der Waals surface area contributed by atoms with Crippen LogP contribution in [0.3, 0.4) is 0 Å². The Morgan fingerprint density at radius 1 is 1.25 bits per heavy atom. The number of rotatable bonds is 1. The zero-order chi connectivity index (χ0) is 14.0. The molecule has 0 bridgehead atoms. The van der Waals surface area contributed by atoms with E-state index in [0.29, 0.717) is 11.3 Å². The van der Waals surface area contributed by atoms with E-state index in [4.69, 9.17) is 0 Å². The summed E-state index contributed by atoms with van der Waals surface area (Å²) in [6.45, 7) is 4.85. The van der Waals surface area contributed by atoms with Gasteiger partial charge in [-0.05, 0) is 75.5 Å². The van der Waals surface area contributed by atoms with Gasteiger partial charge in [-0.1, -0.05) is 28.1 Å². The molecule has 2 aliphatic heterocycles. The average molecular weight is 337 g/mol. The minimum Gasteiger partial charge on any atom is -0.316 e. The maximum atomic E-state index is 3.64. The van der Waals surface area contributed by atoms with E-state index in [9.17, 15) is 0 Å². The first-order valence-corrected chi connectivity index (χ1v) is 8.64. The summed E-state index contributed by atoms with van der Waals surface area (Å²) in [6, 6.07) is 8.96. The Morgan fingerprint density at radius 3 is 3.00 bits per heavy atom. The number of halogens is 1. The zero-order valence-corrected chi connectivity index (χ0v) is 14.0. The van der Waals surface area contributed by atoms with Crippen molar-refractivity contribution in [2.24, 2.45) is 5.41 Å². The van der Waals surface area contributed by atoms with Gasteiger partial charge < -0.3 is 10.2 Å². The predicted molar refractivity (Wildman–Crippen MR) is 88.2 cm³/mol. The maximum Gasteiger partial charge on any atom is 0.0178 e. The van der Waals surface area contributed by atoms with Gasteiger partial charge in [-0.25, -0.2) is 0 Å². The van der Waals surface area contributed by atoms with Crippen molar-refractivity contribution in [3.8, 4) is 0 Å². The lowest BCUT2D eigenvalue weighted by atomic mass is 9.64. The quantitative estimate of drug-likeness (QED) is 0.842. The van der Waals surface area contributed by atoms with Crippen LogP contribution in [0.1, 0.15) is 37.2 Å². The van der Waals surface area contributed by atoms with Gasteiger partial charge in [-0.2, -0.15) is 0 Å². The van der Waals surface area contributed by atoms with Crippen molar-refractivity contribution in [1.29, 1.82) is 0 Å². The highest BCUT2D eigenvalue weighted by molar-refractivity contribution is 9.10. The molecule has 2 heterocycles. The number of piperidine rings is 1. The second kappa shape index (κ2) is 6.17. The minimum atomic E-state index is 0.511. The third-order valence-corrected chi connectivity index (χ3v) is 5.84. The van der Waals surface area contributed by atoms with Crippen LogP contribution in [0.15, 0.2) is 28.7 Å². The summed E-state index contributed by atoms with van der Waals surface area (Å²) in [5.41, 5.74) is 2.02. The third kappa shape index (κ3) is 2.95. The first-order valence-electron chi connectivity index (χ1n) is 7.84. The molecular formula is C17H25BrN2. The van der Waals surface area contributed by atoms with E-state index < -0.39 is 0 Å². The number of nitrogens with one attached hydrogen (secondary N) is 1. The molecule has 0 aliphatic carbocycles. The second-order valence-corrected chi connectivity index (χ2v) is 7.50. The molecule has 0 radical (unpaired) electrons. The molecule has 1 aromatic carbocycles. The molecule has 3 heteroatoms. The van der Waals surface area contributed by atoms with Crippen LogP contribution in [-0.2, 0) is 0 Å². The summed E-state index contributed by atoms with van der Waals surface area (Å²) in [6.07, 6.45) is 5.41. The van der Waals surface area contributed by atoms with E-state index in [-0.39, 0.29) is 0 Å². The molecule has 2 saturated heterocycles. The van der Waals surface area contributed by atoms with Gasteiger partial charge in [-0.3, -0.25) is 0 Å². The van der Waals surface area contributed by atoms with Gasteiger partial charge in [0.2, 0.25) is 0 Å². The first kappa shape index (κ1) is 14.6. The highest BCUT2D eigenvalue weighted by Gasteiger charge is 2.41. The molecule has 1 spiro atoms. The molecule has 20 heavy (non-hydrogen) atoms. The summed E-state index contributed by atoms with van der Waals surface area (Å²) < 4.78 is 1.21. The van der Waals surface area contributed by atoms with Crippen LogP contribution in [0.25, 0.3) is 0 Å². The Hall–Kier alpha value is -0.380. The van der Waals surface area contributed by atoms with Gasteiger partial charge in [0, 0.05) is 16.9 Å². The van der Waals surface area contributed by atoms with Gasteiger partial charge in [0.25, 0.3) is 0 Å². The molecule has 2 aliphatic rings. The Bertz CT molecular complexity index is 462. The normalized spacial score (nSPS) is 32.2. The van der Waals surface area contributed by atoms with E-state index >= 15 is 0 Å². The minimum absolute atomic E-state index is 0.511. The molecule has 110 valence electrons. The summed E-state index contributed by atoms with van der Waals surface area (Å²) in [7, 11) is 2.27. The molecule has 3 rings (SSSR count). The van der Waals surface area contributed by atoms with Crippen molar-refractivity contribution in [1.82, 2.24) is 10.2 Å². The van der Waals surface area contributed by atoms with Crippen LogP contribution >= 0.6 is 15.9 Å². The predicted octanol–water partition coefficient (Wildman–Crippen LogP) is 3.63. The maximum absolute atomic E-state index is 3.64. The van der Waals surface area contributed by atoms with Crippen LogP contribution in [0.5, 0.6) is 0 Å². The van der Waals surface area contributed by atoms with Crippen molar-refractivity contribution < 1.29 is 0 Å². The highest BCUT2D eigenvalue weighted by atomic mass is 79.9. The SMILES string of the molecule is CN1CCCC2(CCNCC2c2cccc(Br)c2)CC1. The van der Waals surface area contributed by atoms with E-state index in [2.05, 4.69) is 57.5 Å². The lowest BCUT2D eigenvalue weighted by Crippen LogP contribution is -2.44. The Morgan fingerprint density at radius 2 is 2.15 bits per heavy atom. The molecule has 2 atom stereocenters. The molecule has 1 aromatic rings. The van der Waals surface area contributed by atoms with Crippen LogP contribution in [0, 0.1) is 5.41 Å². The molecule has 0 saturated carbocycles. The number of benzene rings is 1. The van der Waals surface area contributed by atoms with Crippen molar-refractivity contribution >= 4 is 15.9 Å². The zero-order valence-electron chi connectivity index (χ0n) is 12.4. The van der Waals surface area contributed by atoms with Crippen LogP contribution < -0.4 is 5.32 Å². The smallest absolute Gasteiger partial charge is 0.0178 e. The Kier molecular flexibility index (Phi) is 4.49. The molecule has 0 amide bonds. The molecule has 2 unspecified atom stereocenters. The highest BCUT2D eigenvalue weighted by Crippen LogP contribution is 2.48. The summed E-state index contributed by atoms with van der Waals surface area (Å²) in [5, 5.41) is 3.63. The number of nitrogens with zero attached hydrogens (tertiary/aromatic N) is 1. The van der Waals surface area contributed by atoms with Crippen LogP contribution in [0.4, 0.5) is 0 Å². The van der Waals surface area contributed by atoms with Crippen molar-refractivity contribution in [3.05, 3.63) is 34.3 Å². The molecule has 0 aromatic heterocycles. The van der Waals surface area contributed by atoms with E-state index in [1.165, 1.54) is 55.4 Å². The van der Waals surface area contributed by atoms with Crippen molar-refractivity contribution in [2.45, 2.75) is 31.6 Å². The molecule has 2 fully saturated rings. The van der Waals surface area contributed by atoms with E-state index in [1.54, 1.807) is 0 Å². The van der Waals surface area contributed by atoms with E-state index in [1.807, 2.05) is 0 Å². The van der Waals surface area contributed by atoms with Gasteiger partial charge in [0.15, 0.2) is 0 Å². The van der Waals surface area contributed by atoms with E-state index in [0.717, 1.165) is 6.54 Å². The van der Waals surface area contributed by atoms with Crippen molar-refractivity contribution in [3.63, 3.8) is 0 Å². The van der Waals surface area contributed by atoms with Crippen molar-refractivity contribution in [2.75, 3.05) is 33.2 Å². The lowest BCUT2D eigenvalue weighted by molar-refractivity contribution is 0.137. The monoisotopic (exact) mass is 336 g/mol. The fourth-order valence-electron chi connectivity index (χ4n) is 4.12. The molecular weight excluding hydrogens is 312 g/mol. The van der Waals surface area contributed by atoms with Gasteiger partial charge in [0.1, 0.15) is 0 Å². The van der Waals surface area contributed by atoms with Crippen LogP contribution in [-0.4, -0.2) is 38.1 Å². The third-order valence-electron chi connectivity index (χ3n) is 5.34. The second-order valence-electron chi connectivity index (χ2n) is 6.58. The standard InChI is InChI=1S/C17H25BrN2/c1-20-10-3-6-17(8-11-20)7-9-19-13-16(17)14-4-2-5-15(18)12-14/h2,4-5,12,16,19H,3,6-11,13H2,1H3. The summed E-state index contributed by atoms with van der Waals surface area (Å²) >= 11 is 3.64. The number of hydrogen-bond donors (Lipinski definition) is 1. The van der Waals surface area contributed by atoms with Crippen LogP contribution in [0.2, 0.25) is 0 Å². The molecule has 2 nitrogen and oxygen atoms in total. The lowest BCUT2D eigenvalue weighted by Gasteiger charge is -2.45. The topological polar surface area (TPSA) is 15.3 Å². The number of hydrogen-bond acceptors (Lipinski definition) is 2. The van der Waals surface area contributed by atoms with Gasteiger partial charge in [0.05, 0.1) is 0 Å². The first-order chi connectivity index (χ1) is 9.70.